The van der Waals surface area contributed by atoms with E-state index in [0.717, 1.165) is 19.3 Å². The van der Waals surface area contributed by atoms with E-state index in [-0.39, 0.29) is 11.9 Å². The van der Waals surface area contributed by atoms with Gasteiger partial charge in [-0.05, 0) is 32.6 Å². The number of carbonyl (C=O) groups excluding carboxylic acids is 1. The van der Waals surface area contributed by atoms with Crippen molar-refractivity contribution < 1.29 is 19.2 Å². The number of aromatic nitrogens is 2. The van der Waals surface area contributed by atoms with E-state index in [0.29, 0.717) is 43.9 Å². The molecule has 1 amide bonds. The third-order valence-corrected chi connectivity index (χ3v) is 4.39. The second-order valence-corrected chi connectivity index (χ2v) is 6.12. The number of carbonyl (C=O) groups is 2. The van der Waals surface area contributed by atoms with Crippen LogP contribution in [-0.4, -0.2) is 44.6 Å². The molecule has 0 spiro atoms. The molecule has 7 nitrogen and oxygen atoms in total. The summed E-state index contributed by atoms with van der Waals surface area (Å²) in [4.78, 5) is 29.5. The number of aryl methyl sites for hydroxylation is 2. The molecule has 7 heteroatoms. The Labute approximate surface area is 136 Å². The van der Waals surface area contributed by atoms with Crippen LogP contribution in [0.25, 0.3) is 0 Å². The summed E-state index contributed by atoms with van der Waals surface area (Å²) in [5, 5.41) is 13.1. The van der Waals surface area contributed by atoms with Crippen LogP contribution in [-0.2, 0) is 22.4 Å². The van der Waals surface area contributed by atoms with Gasteiger partial charge < -0.3 is 14.5 Å². The number of carboxylic acids is 1. The highest BCUT2D eigenvalue weighted by atomic mass is 16.5. The fourth-order valence-electron chi connectivity index (χ4n) is 3.08. The third-order valence-electron chi connectivity index (χ3n) is 4.39. The highest BCUT2D eigenvalue weighted by Crippen LogP contribution is 2.24. The van der Waals surface area contributed by atoms with Crippen LogP contribution >= 0.6 is 0 Å². The second kappa shape index (κ2) is 8.08. The third kappa shape index (κ3) is 4.53. The van der Waals surface area contributed by atoms with E-state index in [2.05, 4.69) is 17.1 Å². The maximum Gasteiger partial charge on any atom is 0.308 e. The molecule has 2 rings (SSSR count). The van der Waals surface area contributed by atoms with Gasteiger partial charge in [-0.15, -0.1) is 0 Å². The van der Waals surface area contributed by atoms with Gasteiger partial charge in [0, 0.05) is 31.8 Å². The standard InChI is InChI=1S/C16H25N3O4/c1-3-6-13-17-14(23-18-13)8-4-9-15(20)19-10-5-7-12(11(19)2)16(21)22/h11-12H,3-10H2,1-2H3,(H,21,22)/t11-,12-/m0/s1. The molecule has 1 aromatic rings. The summed E-state index contributed by atoms with van der Waals surface area (Å²) in [7, 11) is 0. The Hall–Kier alpha value is -1.92. The van der Waals surface area contributed by atoms with Gasteiger partial charge in [0.05, 0.1) is 5.92 Å². The van der Waals surface area contributed by atoms with E-state index < -0.39 is 11.9 Å². The molecule has 0 aliphatic carbocycles. The molecule has 1 aliphatic rings. The smallest absolute Gasteiger partial charge is 0.308 e. The van der Waals surface area contributed by atoms with Gasteiger partial charge in [-0.3, -0.25) is 9.59 Å². The van der Waals surface area contributed by atoms with Crippen molar-refractivity contribution in [2.24, 2.45) is 5.92 Å². The summed E-state index contributed by atoms with van der Waals surface area (Å²) in [5.41, 5.74) is 0. The molecular formula is C16H25N3O4. The second-order valence-electron chi connectivity index (χ2n) is 6.12. The first-order chi connectivity index (χ1) is 11.0. The average Bonchev–Trinajstić information content (AvgIpc) is 2.95. The molecule has 0 unspecified atom stereocenters. The lowest BCUT2D eigenvalue weighted by atomic mass is 9.90. The zero-order valence-electron chi connectivity index (χ0n) is 13.8. The van der Waals surface area contributed by atoms with Crippen molar-refractivity contribution in [1.82, 2.24) is 15.0 Å². The number of nitrogens with zero attached hydrogens (tertiary/aromatic N) is 3. The number of piperidine rings is 1. The number of hydrogen-bond donors (Lipinski definition) is 1. The first-order valence-corrected chi connectivity index (χ1v) is 8.36. The van der Waals surface area contributed by atoms with Gasteiger partial charge in [0.25, 0.3) is 0 Å². The minimum Gasteiger partial charge on any atom is -0.481 e. The van der Waals surface area contributed by atoms with E-state index in [1.165, 1.54) is 0 Å². The summed E-state index contributed by atoms with van der Waals surface area (Å²) < 4.78 is 5.15. The van der Waals surface area contributed by atoms with E-state index in [1.807, 2.05) is 6.92 Å². The number of carboxylic acid groups (broad SMARTS) is 1. The minimum atomic E-state index is -0.815. The predicted molar refractivity (Wildman–Crippen MR) is 82.8 cm³/mol. The minimum absolute atomic E-state index is 0.0109. The van der Waals surface area contributed by atoms with Crippen LogP contribution in [0.15, 0.2) is 4.52 Å². The fourth-order valence-corrected chi connectivity index (χ4v) is 3.08. The van der Waals surface area contributed by atoms with Crippen molar-refractivity contribution >= 4 is 11.9 Å². The molecule has 1 N–H and O–H groups in total. The fraction of sp³-hybridized carbons (Fsp3) is 0.750. The maximum atomic E-state index is 12.3. The maximum absolute atomic E-state index is 12.3. The van der Waals surface area contributed by atoms with Crippen molar-refractivity contribution in [2.75, 3.05) is 6.54 Å². The molecular weight excluding hydrogens is 298 g/mol. The quantitative estimate of drug-likeness (QED) is 0.825. The van der Waals surface area contributed by atoms with Crippen LogP contribution in [0.2, 0.25) is 0 Å². The number of aliphatic carboxylic acids is 1. The molecule has 1 saturated heterocycles. The van der Waals surface area contributed by atoms with Gasteiger partial charge in [-0.1, -0.05) is 12.1 Å². The first-order valence-electron chi connectivity index (χ1n) is 8.36. The molecule has 0 bridgehead atoms. The van der Waals surface area contributed by atoms with Crippen LogP contribution in [0, 0.1) is 5.92 Å². The summed E-state index contributed by atoms with van der Waals surface area (Å²) >= 11 is 0. The van der Waals surface area contributed by atoms with E-state index in [4.69, 9.17) is 4.52 Å². The van der Waals surface area contributed by atoms with Crippen LogP contribution < -0.4 is 0 Å². The number of hydrogen-bond acceptors (Lipinski definition) is 5. The number of amides is 1. The molecule has 1 aliphatic heterocycles. The molecule has 1 fully saturated rings. The van der Waals surface area contributed by atoms with Crippen LogP contribution in [0.3, 0.4) is 0 Å². The van der Waals surface area contributed by atoms with E-state index in [9.17, 15) is 14.7 Å². The Bertz CT molecular complexity index is 543. The Morgan fingerprint density at radius 1 is 1.39 bits per heavy atom. The van der Waals surface area contributed by atoms with E-state index >= 15 is 0 Å². The Balaban J connectivity index is 1.80. The van der Waals surface area contributed by atoms with Crippen LogP contribution in [0.1, 0.15) is 57.7 Å². The van der Waals surface area contributed by atoms with Crippen LogP contribution in [0.5, 0.6) is 0 Å². The normalized spacial score (nSPS) is 21.4. The SMILES string of the molecule is CCCc1noc(CCCC(=O)N2CCC[C@H](C(=O)O)[C@@H]2C)n1. The lowest BCUT2D eigenvalue weighted by Gasteiger charge is -2.37. The van der Waals surface area contributed by atoms with Crippen molar-refractivity contribution in [3.63, 3.8) is 0 Å². The Morgan fingerprint density at radius 2 is 2.17 bits per heavy atom. The number of rotatable bonds is 7. The average molecular weight is 323 g/mol. The lowest BCUT2D eigenvalue weighted by molar-refractivity contribution is -0.149. The molecule has 0 saturated carbocycles. The van der Waals surface area contributed by atoms with Gasteiger partial charge in [0.15, 0.2) is 5.82 Å². The molecule has 1 aromatic heterocycles. The van der Waals surface area contributed by atoms with Crippen molar-refractivity contribution in [3.8, 4) is 0 Å². The van der Waals surface area contributed by atoms with Crippen molar-refractivity contribution in [3.05, 3.63) is 11.7 Å². The first kappa shape index (κ1) is 17.4. The van der Waals surface area contributed by atoms with Gasteiger partial charge in [0.1, 0.15) is 0 Å². The molecule has 23 heavy (non-hydrogen) atoms. The molecule has 128 valence electrons. The van der Waals surface area contributed by atoms with Gasteiger partial charge in [-0.2, -0.15) is 4.98 Å². The predicted octanol–water partition coefficient (Wildman–Crippen LogP) is 2.06. The van der Waals surface area contributed by atoms with Gasteiger partial charge in [-0.25, -0.2) is 0 Å². The molecule has 0 radical (unpaired) electrons. The molecule has 0 aromatic carbocycles. The zero-order valence-corrected chi connectivity index (χ0v) is 13.8. The number of likely N-dealkylation sites (tertiary alicyclic amines) is 1. The largest absolute Gasteiger partial charge is 0.481 e. The summed E-state index contributed by atoms with van der Waals surface area (Å²) in [6.45, 7) is 4.52. The Morgan fingerprint density at radius 3 is 2.87 bits per heavy atom. The summed E-state index contributed by atoms with van der Waals surface area (Å²) in [6, 6.07) is -0.242. The highest BCUT2D eigenvalue weighted by molar-refractivity contribution is 5.78. The van der Waals surface area contributed by atoms with Crippen molar-refractivity contribution in [1.29, 1.82) is 0 Å². The monoisotopic (exact) mass is 323 g/mol. The zero-order chi connectivity index (χ0) is 16.8. The van der Waals surface area contributed by atoms with Crippen LogP contribution in [0.4, 0.5) is 0 Å². The lowest BCUT2D eigenvalue weighted by Crippen LogP contribution is -2.49. The van der Waals surface area contributed by atoms with Gasteiger partial charge >= 0.3 is 5.97 Å². The summed E-state index contributed by atoms with van der Waals surface area (Å²) in [6.07, 6.45) is 4.74. The molecule has 2 heterocycles. The summed E-state index contributed by atoms with van der Waals surface area (Å²) in [5.74, 6) is 0.0143. The van der Waals surface area contributed by atoms with Gasteiger partial charge in [0.2, 0.25) is 11.8 Å². The van der Waals surface area contributed by atoms with Crippen molar-refractivity contribution in [2.45, 2.75) is 64.8 Å². The van der Waals surface area contributed by atoms with E-state index in [1.54, 1.807) is 4.90 Å². The molecule has 2 atom stereocenters. The Kier molecular flexibility index (Phi) is 6.12. The highest BCUT2D eigenvalue weighted by Gasteiger charge is 2.34. The topological polar surface area (TPSA) is 96.5 Å².